The Morgan fingerprint density at radius 2 is 2.08 bits per heavy atom. The van der Waals surface area contributed by atoms with Gasteiger partial charge >= 0.3 is 0 Å². The number of aryl methyl sites for hydroxylation is 1. The van der Waals surface area contributed by atoms with Crippen molar-refractivity contribution in [2.24, 2.45) is 0 Å². The second-order valence-electron chi connectivity index (χ2n) is 6.04. The van der Waals surface area contributed by atoms with Crippen molar-refractivity contribution in [3.8, 4) is 0 Å². The summed E-state index contributed by atoms with van der Waals surface area (Å²) < 4.78 is 26.5. The van der Waals surface area contributed by atoms with E-state index in [-0.39, 0.29) is 17.4 Å². The number of amides is 1. The Hall–Kier alpha value is -1.51. The van der Waals surface area contributed by atoms with Crippen LogP contribution in [-0.2, 0) is 14.8 Å². The molecule has 1 fully saturated rings. The summed E-state index contributed by atoms with van der Waals surface area (Å²) in [6.45, 7) is 2.49. The van der Waals surface area contributed by atoms with Gasteiger partial charge in [-0.3, -0.25) is 9.10 Å². The first-order valence-corrected chi connectivity index (χ1v) is 11.5. The summed E-state index contributed by atoms with van der Waals surface area (Å²) in [5.74, 6) is 0.334. The summed E-state index contributed by atoms with van der Waals surface area (Å²) in [5.41, 5.74) is 2.30. The highest BCUT2D eigenvalue weighted by Gasteiger charge is 2.28. The fourth-order valence-electron chi connectivity index (χ4n) is 2.78. The van der Waals surface area contributed by atoms with E-state index in [1.54, 1.807) is 24.3 Å². The van der Waals surface area contributed by atoms with Crippen LogP contribution in [0.3, 0.4) is 0 Å². The van der Waals surface area contributed by atoms with Crippen molar-refractivity contribution in [3.63, 3.8) is 0 Å². The number of thioether (sulfide) groups is 1. The number of carbonyl (C=O) groups is 1. The molecule has 1 N–H and O–H groups in total. The normalized spacial score (nSPS) is 15.8. The van der Waals surface area contributed by atoms with Crippen LogP contribution in [0.15, 0.2) is 51.8 Å². The monoisotopic (exact) mass is 454 g/mol. The van der Waals surface area contributed by atoms with Crippen LogP contribution >= 0.6 is 27.7 Å². The Morgan fingerprint density at radius 3 is 2.77 bits per heavy atom. The Labute approximate surface area is 166 Å². The van der Waals surface area contributed by atoms with E-state index in [2.05, 4.69) is 21.2 Å². The molecule has 1 amide bonds. The molecule has 0 radical (unpaired) electrons. The lowest BCUT2D eigenvalue weighted by molar-refractivity contribution is -0.113. The van der Waals surface area contributed by atoms with Gasteiger partial charge in [-0.15, -0.1) is 11.8 Å². The van der Waals surface area contributed by atoms with Crippen LogP contribution in [0.25, 0.3) is 0 Å². The average Bonchev–Trinajstić information content (AvgIpc) is 2.93. The fraction of sp³-hybridized carbons (Fsp3) is 0.278. The van der Waals surface area contributed by atoms with Crippen LogP contribution in [0, 0.1) is 6.92 Å². The third kappa shape index (κ3) is 4.61. The molecule has 8 heteroatoms. The van der Waals surface area contributed by atoms with Gasteiger partial charge in [0.25, 0.3) is 0 Å². The zero-order chi connectivity index (χ0) is 18.7. The standard InChI is InChI=1S/C18H19BrN2O3S2/c1-13-10-14(19)6-7-17(13)25-12-18(22)20-15-4-2-5-16(11-15)21-8-3-9-26(21,23)24/h2,4-7,10-11H,3,8-9,12H2,1H3,(H,20,22). The lowest BCUT2D eigenvalue weighted by Crippen LogP contribution is -2.25. The Bertz CT molecular complexity index is 932. The molecule has 138 valence electrons. The molecule has 26 heavy (non-hydrogen) atoms. The molecular weight excluding hydrogens is 436 g/mol. The summed E-state index contributed by atoms with van der Waals surface area (Å²) in [6, 6.07) is 12.9. The average molecular weight is 455 g/mol. The van der Waals surface area contributed by atoms with Crippen LogP contribution in [0.2, 0.25) is 0 Å². The van der Waals surface area contributed by atoms with Gasteiger partial charge in [-0.05, 0) is 55.3 Å². The first-order valence-electron chi connectivity index (χ1n) is 8.14. The van der Waals surface area contributed by atoms with E-state index in [1.807, 2.05) is 25.1 Å². The van der Waals surface area contributed by atoms with Gasteiger partial charge in [-0.2, -0.15) is 0 Å². The first-order chi connectivity index (χ1) is 12.3. The van der Waals surface area contributed by atoms with Gasteiger partial charge < -0.3 is 5.32 Å². The molecule has 5 nitrogen and oxygen atoms in total. The molecule has 2 aromatic carbocycles. The SMILES string of the molecule is Cc1cc(Br)ccc1SCC(=O)Nc1cccc(N2CCCS2(=O)=O)c1. The molecule has 0 spiro atoms. The van der Waals surface area contributed by atoms with Crippen molar-refractivity contribution in [3.05, 3.63) is 52.5 Å². The number of hydrogen-bond acceptors (Lipinski definition) is 4. The van der Waals surface area contributed by atoms with E-state index in [1.165, 1.54) is 16.1 Å². The summed E-state index contributed by atoms with van der Waals surface area (Å²) >= 11 is 4.90. The summed E-state index contributed by atoms with van der Waals surface area (Å²) in [7, 11) is -3.23. The Morgan fingerprint density at radius 1 is 1.27 bits per heavy atom. The lowest BCUT2D eigenvalue weighted by Gasteiger charge is -2.17. The number of nitrogens with one attached hydrogen (secondary N) is 1. The van der Waals surface area contributed by atoms with Crippen molar-refractivity contribution in [1.29, 1.82) is 0 Å². The van der Waals surface area contributed by atoms with E-state index >= 15 is 0 Å². The van der Waals surface area contributed by atoms with Gasteiger partial charge in [0.1, 0.15) is 0 Å². The van der Waals surface area contributed by atoms with Crippen molar-refractivity contribution in [1.82, 2.24) is 0 Å². The minimum atomic E-state index is -3.23. The number of sulfonamides is 1. The summed E-state index contributed by atoms with van der Waals surface area (Å²) in [6.07, 6.45) is 0.627. The molecule has 0 atom stereocenters. The largest absolute Gasteiger partial charge is 0.325 e. The van der Waals surface area contributed by atoms with Crippen LogP contribution in [0.5, 0.6) is 0 Å². The second kappa shape index (κ2) is 8.02. The van der Waals surface area contributed by atoms with Crippen molar-refractivity contribution < 1.29 is 13.2 Å². The molecule has 2 aromatic rings. The smallest absolute Gasteiger partial charge is 0.235 e. The topological polar surface area (TPSA) is 66.5 Å². The maximum Gasteiger partial charge on any atom is 0.235 e. The highest BCUT2D eigenvalue weighted by molar-refractivity contribution is 9.10. The quantitative estimate of drug-likeness (QED) is 0.692. The molecule has 1 saturated heterocycles. The molecule has 0 aromatic heterocycles. The second-order valence-corrected chi connectivity index (χ2v) is 9.98. The summed E-state index contributed by atoms with van der Waals surface area (Å²) in [5, 5.41) is 2.84. The number of hydrogen-bond donors (Lipinski definition) is 1. The van der Waals surface area contributed by atoms with Crippen LogP contribution in [0.4, 0.5) is 11.4 Å². The predicted octanol–water partition coefficient (Wildman–Crippen LogP) is 4.03. The zero-order valence-electron chi connectivity index (χ0n) is 14.2. The maximum absolute atomic E-state index is 12.3. The third-order valence-corrected chi connectivity index (χ3v) is 7.55. The van der Waals surface area contributed by atoms with E-state index in [0.29, 0.717) is 24.3 Å². The Balaban J connectivity index is 1.63. The highest BCUT2D eigenvalue weighted by Crippen LogP contribution is 2.28. The molecule has 1 aliphatic rings. The van der Waals surface area contributed by atoms with E-state index < -0.39 is 10.0 Å². The predicted molar refractivity (Wildman–Crippen MR) is 110 cm³/mol. The van der Waals surface area contributed by atoms with Crippen molar-refractivity contribution >= 4 is 55.0 Å². The minimum Gasteiger partial charge on any atom is -0.325 e. The van der Waals surface area contributed by atoms with Gasteiger partial charge in [-0.25, -0.2) is 8.42 Å². The van der Waals surface area contributed by atoms with Crippen molar-refractivity contribution in [2.45, 2.75) is 18.2 Å². The molecule has 1 heterocycles. The number of carbonyl (C=O) groups excluding carboxylic acids is 1. The third-order valence-electron chi connectivity index (χ3n) is 4.01. The highest BCUT2D eigenvalue weighted by atomic mass is 79.9. The molecule has 1 aliphatic heterocycles. The van der Waals surface area contributed by atoms with Gasteiger partial charge in [-0.1, -0.05) is 22.0 Å². The van der Waals surface area contributed by atoms with Crippen molar-refractivity contribution in [2.75, 3.05) is 27.7 Å². The maximum atomic E-state index is 12.3. The van der Waals surface area contributed by atoms with E-state index in [0.717, 1.165) is 14.9 Å². The first kappa shape index (κ1) is 19.3. The molecule has 0 bridgehead atoms. The molecular formula is C18H19BrN2O3S2. The van der Waals surface area contributed by atoms with E-state index in [4.69, 9.17) is 0 Å². The van der Waals surface area contributed by atoms with Gasteiger partial charge in [0.2, 0.25) is 15.9 Å². The van der Waals surface area contributed by atoms with Crippen LogP contribution in [-0.4, -0.2) is 32.4 Å². The minimum absolute atomic E-state index is 0.126. The molecule has 0 saturated carbocycles. The number of halogens is 1. The molecule has 3 rings (SSSR count). The number of benzene rings is 2. The zero-order valence-corrected chi connectivity index (χ0v) is 17.5. The van der Waals surface area contributed by atoms with Gasteiger partial charge in [0, 0.05) is 21.6 Å². The lowest BCUT2D eigenvalue weighted by atomic mass is 10.2. The van der Waals surface area contributed by atoms with Crippen LogP contribution < -0.4 is 9.62 Å². The number of rotatable bonds is 5. The van der Waals surface area contributed by atoms with Gasteiger partial charge in [0.15, 0.2) is 0 Å². The van der Waals surface area contributed by atoms with Gasteiger partial charge in [0.05, 0.1) is 17.2 Å². The van der Waals surface area contributed by atoms with Crippen LogP contribution in [0.1, 0.15) is 12.0 Å². The number of anilines is 2. The van der Waals surface area contributed by atoms with E-state index in [9.17, 15) is 13.2 Å². The summed E-state index contributed by atoms with van der Waals surface area (Å²) in [4.78, 5) is 13.3. The Kier molecular flexibility index (Phi) is 5.94. The molecule has 0 aliphatic carbocycles. The number of nitrogens with zero attached hydrogens (tertiary/aromatic N) is 1. The molecule has 0 unspecified atom stereocenters. The fourth-order valence-corrected chi connectivity index (χ4v) is 5.62.